The Morgan fingerprint density at radius 1 is 0.880 bits per heavy atom. The number of aliphatic hydroxyl groups excluding tert-OH is 1. The minimum absolute atomic E-state index is 0.460. The first-order valence-corrected chi connectivity index (χ1v) is 8.73. The minimum Gasteiger partial charge on any atom is -0.389 e. The van der Waals surface area contributed by atoms with Gasteiger partial charge >= 0.3 is 0 Å². The molecule has 1 heterocycles. The molecule has 2 N–H and O–H groups in total. The van der Waals surface area contributed by atoms with Gasteiger partial charge in [-0.1, -0.05) is 54.1 Å². The van der Waals surface area contributed by atoms with Crippen molar-refractivity contribution in [3.05, 3.63) is 77.8 Å². The number of anilines is 1. The molecule has 1 unspecified atom stereocenters. The maximum atomic E-state index is 10.6. The van der Waals surface area contributed by atoms with Gasteiger partial charge in [0, 0.05) is 39.1 Å². The van der Waals surface area contributed by atoms with Crippen LogP contribution in [0.15, 0.2) is 72.8 Å². The lowest BCUT2D eigenvalue weighted by molar-refractivity contribution is 0.169. The van der Waals surface area contributed by atoms with Gasteiger partial charge in [-0.05, 0) is 30.3 Å². The van der Waals surface area contributed by atoms with Crippen molar-refractivity contribution in [2.24, 2.45) is 0 Å². The molecule has 1 atom stereocenters. The lowest BCUT2D eigenvalue weighted by Gasteiger charge is -2.15. The Hall–Kier alpha value is -2.49. The highest BCUT2D eigenvalue weighted by molar-refractivity contribution is 6.30. The van der Waals surface area contributed by atoms with Gasteiger partial charge in [-0.3, -0.25) is 0 Å². The van der Waals surface area contributed by atoms with Crippen LogP contribution in [0.5, 0.6) is 0 Å². The number of aromatic nitrogens is 1. The summed E-state index contributed by atoms with van der Waals surface area (Å²) < 4.78 is 2.19. The number of hydrogen-bond acceptors (Lipinski definition) is 2. The Morgan fingerprint density at radius 2 is 1.52 bits per heavy atom. The summed E-state index contributed by atoms with van der Waals surface area (Å²) in [4.78, 5) is 0. The number of halogens is 1. The molecule has 3 aromatic carbocycles. The first-order chi connectivity index (χ1) is 12.2. The zero-order valence-electron chi connectivity index (χ0n) is 13.7. The van der Waals surface area contributed by atoms with Gasteiger partial charge in [0.05, 0.1) is 12.6 Å². The first-order valence-electron chi connectivity index (χ1n) is 8.36. The third-order valence-electron chi connectivity index (χ3n) is 4.44. The van der Waals surface area contributed by atoms with Crippen LogP contribution in [0.1, 0.15) is 0 Å². The highest BCUT2D eigenvalue weighted by Crippen LogP contribution is 2.28. The zero-order chi connectivity index (χ0) is 17.2. The Kier molecular flexibility index (Phi) is 4.35. The van der Waals surface area contributed by atoms with Gasteiger partial charge in [0.2, 0.25) is 0 Å². The normalized spacial score (nSPS) is 12.6. The van der Waals surface area contributed by atoms with E-state index in [-0.39, 0.29) is 0 Å². The molecule has 0 spiro atoms. The second kappa shape index (κ2) is 6.79. The summed E-state index contributed by atoms with van der Waals surface area (Å²) >= 11 is 6.00. The molecule has 0 bridgehead atoms. The van der Waals surface area contributed by atoms with E-state index in [0.717, 1.165) is 16.7 Å². The summed E-state index contributed by atoms with van der Waals surface area (Å²) in [7, 11) is 0. The number of fused-ring (bicyclic) bond motifs is 3. The SMILES string of the molecule is OC(CNc1cccc(Cl)c1)Cn1c2ccccc2c2ccccc21. The lowest BCUT2D eigenvalue weighted by Crippen LogP contribution is -2.24. The van der Waals surface area contributed by atoms with Crippen LogP contribution < -0.4 is 5.32 Å². The monoisotopic (exact) mass is 350 g/mol. The standard InChI is InChI=1S/C21H19ClN2O/c22-15-6-5-7-16(12-15)23-13-17(25)14-24-20-10-3-1-8-18(20)19-9-2-4-11-21(19)24/h1-12,17,23,25H,13-14H2. The summed E-state index contributed by atoms with van der Waals surface area (Å²) in [6.07, 6.45) is -0.516. The minimum atomic E-state index is -0.516. The summed E-state index contributed by atoms with van der Waals surface area (Å²) in [5.74, 6) is 0. The highest BCUT2D eigenvalue weighted by Gasteiger charge is 2.13. The Morgan fingerprint density at radius 3 is 2.16 bits per heavy atom. The van der Waals surface area contributed by atoms with E-state index >= 15 is 0 Å². The van der Waals surface area contributed by atoms with E-state index in [1.807, 2.05) is 36.4 Å². The van der Waals surface area contributed by atoms with Crippen LogP contribution in [0.4, 0.5) is 5.69 Å². The molecule has 0 aliphatic carbocycles. The molecule has 0 saturated carbocycles. The molecule has 0 aliphatic heterocycles. The van der Waals surface area contributed by atoms with Crippen molar-refractivity contribution in [2.45, 2.75) is 12.6 Å². The van der Waals surface area contributed by atoms with E-state index < -0.39 is 6.10 Å². The average molecular weight is 351 g/mol. The fourth-order valence-corrected chi connectivity index (χ4v) is 3.50. The molecule has 25 heavy (non-hydrogen) atoms. The molecule has 0 fully saturated rings. The maximum absolute atomic E-state index is 10.6. The van der Waals surface area contributed by atoms with E-state index in [1.165, 1.54) is 10.8 Å². The zero-order valence-corrected chi connectivity index (χ0v) is 14.4. The van der Waals surface area contributed by atoms with E-state index in [0.29, 0.717) is 18.1 Å². The van der Waals surface area contributed by atoms with Crippen molar-refractivity contribution in [1.82, 2.24) is 4.57 Å². The van der Waals surface area contributed by atoms with Crippen molar-refractivity contribution in [3.63, 3.8) is 0 Å². The van der Waals surface area contributed by atoms with Crippen molar-refractivity contribution in [3.8, 4) is 0 Å². The van der Waals surface area contributed by atoms with Crippen LogP contribution in [0.25, 0.3) is 21.8 Å². The second-order valence-corrected chi connectivity index (χ2v) is 6.63. The molecule has 4 rings (SSSR count). The molecule has 4 heteroatoms. The van der Waals surface area contributed by atoms with Crippen molar-refractivity contribution >= 4 is 39.1 Å². The molecule has 0 aliphatic rings. The van der Waals surface area contributed by atoms with Gasteiger partial charge in [-0.15, -0.1) is 0 Å². The molecular weight excluding hydrogens is 332 g/mol. The summed E-state index contributed by atoms with van der Waals surface area (Å²) in [6, 6.07) is 24.2. The second-order valence-electron chi connectivity index (χ2n) is 6.19. The number of rotatable bonds is 5. The molecule has 126 valence electrons. The molecule has 1 aromatic heterocycles. The number of benzene rings is 3. The van der Waals surface area contributed by atoms with E-state index in [2.05, 4.69) is 46.3 Å². The van der Waals surface area contributed by atoms with Crippen LogP contribution in [0, 0.1) is 0 Å². The molecular formula is C21H19ClN2O. The van der Waals surface area contributed by atoms with Gasteiger partial charge in [0.15, 0.2) is 0 Å². The van der Waals surface area contributed by atoms with Crippen molar-refractivity contribution in [2.75, 3.05) is 11.9 Å². The number of aliphatic hydroxyl groups is 1. The lowest BCUT2D eigenvalue weighted by atomic mass is 10.2. The first kappa shape index (κ1) is 16.0. The maximum Gasteiger partial charge on any atom is 0.0891 e. The quantitative estimate of drug-likeness (QED) is 0.536. The summed E-state index contributed by atoms with van der Waals surface area (Å²) in [5, 5.41) is 16.9. The Labute approximate surface area is 151 Å². The Balaban J connectivity index is 1.59. The number of para-hydroxylation sites is 2. The predicted molar refractivity (Wildman–Crippen MR) is 105 cm³/mol. The van der Waals surface area contributed by atoms with Gasteiger partial charge in [-0.25, -0.2) is 0 Å². The van der Waals surface area contributed by atoms with E-state index in [4.69, 9.17) is 11.6 Å². The number of hydrogen-bond donors (Lipinski definition) is 2. The van der Waals surface area contributed by atoms with E-state index in [1.54, 1.807) is 0 Å². The molecule has 4 aromatic rings. The number of nitrogens with one attached hydrogen (secondary N) is 1. The summed E-state index contributed by atoms with van der Waals surface area (Å²) in [5.41, 5.74) is 3.20. The largest absolute Gasteiger partial charge is 0.389 e. The predicted octanol–water partition coefficient (Wildman–Crippen LogP) is 4.92. The Bertz CT molecular complexity index is 971. The fourth-order valence-electron chi connectivity index (χ4n) is 3.31. The fraction of sp³-hybridized carbons (Fsp3) is 0.143. The van der Waals surface area contributed by atoms with Crippen LogP contribution in [0.2, 0.25) is 5.02 Å². The van der Waals surface area contributed by atoms with Crippen LogP contribution in [-0.2, 0) is 6.54 Å². The highest BCUT2D eigenvalue weighted by atomic mass is 35.5. The smallest absolute Gasteiger partial charge is 0.0891 e. The third-order valence-corrected chi connectivity index (χ3v) is 4.67. The molecule has 0 amide bonds. The molecule has 0 radical (unpaired) electrons. The number of nitrogens with zero attached hydrogens (tertiary/aromatic N) is 1. The van der Waals surface area contributed by atoms with Gasteiger partial charge in [0.1, 0.15) is 0 Å². The topological polar surface area (TPSA) is 37.2 Å². The average Bonchev–Trinajstić information content (AvgIpc) is 2.95. The van der Waals surface area contributed by atoms with Crippen LogP contribution >= 0.6 is 11.6 Å². The third kappa shape index (κ3) is 3.21. The van der Waals surface area contributed by atoms with E-state index in [9.17, 15) is 5.11 Å². The van der Waals surface area contributed by atoms with Crippen molar-refractivity contribution in [1.29, 1.82) is 0 Å². The van der Waals surface area contributed by atoms with Gasteiger partial charge in [0.25, 0.3) is 0 Å². The van der Waals surface area contributed by atoms with Gasteiger partial charge in [-0.2, -0.15) is 0 Å². The molecule has 3 nitrogen and oxygen atoms in total. The van der Waals surface area contributed by atoms with Crippen LogP contribution in [0.3, 0.4) is 0 Å². The summed E-state index contributed by atoms with van der Waals surface area (Å²) in [6.45, 7) is 0.989. The van der Waals surface area contributed by atoms with Crippen molar-refractivity contribution < 1.29 is 5.11 Å². The van der Waals surface area contributed by atoms with Crippen LogP contribution in [-0.4, -0.2) is 22.3 Å². The van der Waals surface area contributed by atoms with Gasteiger partial charge < -0.3 is 15.0 Å². The molecule has 0 saturated heterocycles.